The van der Waals surface area contributed by atoms with Gasteiger partial charge in [0, 0.05) is 30.9 Å². The number of hydrogen-bond donors (Lipinski definition) is 3. The van der Waals surface area contributed by atoms with Crippen LogP contribution in [0.5, 0.6) is 0 Å². The highest BCUT2D eigenvalue weighted by atomic mass is 19.4. The summed E-state index contributed by atoms with van der Waals surface area (Å²) in [5, 5.41) is 8.59. The van der Waals surface area contributed by atoms with E-state index in [1.165, 1.54) is 17.0 Å². The maximum atomic E-state index is 13.0. The number of nitrogens with zero attached hydrogens (tertiary/aromatic N) is 2. The van der Waals surface area contributed by atoms with Crippen LogP contribution in [-0.2, 0) is 6.18 Å². The van der Waals surface area contributed by atoms with Gasteiger partial charge in [-0.1, -0.05) is 29.4 Å². The number of H-pyrrole nitrogens is 1. The van der Waals surface area contributed by atoms with Crippen molar-refractivity contribution in [1.29, 1.82) is 0 Å². The summed E-state index contributed by atoms with van der Waals surface area (Å²) in [6.45, 7) is 0. The first kappa shape index (κ1) is 25.2. The summed E-state index contributed by atoms with van der Waals surface area (Å²) < 4.78 is 43.5. The van der Waals surface area contributed by atoms with Crippen LogP contribution in [0.4, 0.5) is 29.3 Å². The molecule has 0 atom stereocenters. The van der Waals surface area contributed by atoms with Gasteiger partial charge in [-0.15, -0.1) is 0 Å². The molecule has 0 radical (unpaired) electrons. The lowest BCUT2D eigenvalue weighted by Gasteiger charge is -2.14. The predicted molar refractivity (Wildman–Crippen MR) is 130 cm³/mol. The van der Waals surface area contributed by atoms with Gasteiger partial charge in [-0.2, -0.15) is 13.2 Å². The fourth-order valence-electron chi connectivity index (χ4n) is 3.50. The van der Waals surface area contributed by atoms with Crippen molar-refractivity contribution in [3.8, 4) is 22.5 Å². The second-order valence-electron chi connectivity index (χ2n) is 8.14. The lowest BCUT2D eigenvalue weighted by molar-refractivity contribution is -0.137. The average Bonchev–Trinajstić information content (AvgIpc) is 3.29. The number of rotatable bonds is 5. The molecule has 1 heterocycles. The molecular formula is C25H20F3N5O4. The van der Waals surface area contributed by atoms with Gasteiger partial charge in [0.2, 0.25) is 0 Å². The number of hydrogen-bond acceptors (Lipinski definition) is 5. The Balaban J connectivity index is 1.62. The number of nitrogens with one attached hydrogen (secondary N) is 3. The van der Waals surface area contributed by atoms with Crippen LogP contribution >= 0.6 is 0 Å². The number of amides is 3. The van der Waals surface area contributed by atoms with E-state index in [1.807, 2.05) is 0 Å². The third-order valence-corrected chi connectivity index (χ3v) is 5.28. The van der Waals surface area contributed by atoms with Crippen LogP contribution < -0.4 is 16.4 Å². The standard InChI is InChI=1S/C25H20F3N5O4/c1-33(2)22(34)15-8-6-14(7-9-15)16-10-11-20(19(12-16)21-31-24(36)37-32-21)30-23(35)29-18-5-3-4-17(13-18)25(26,27)28/h3-13H,1-2H3,(H2,29,30,35)(H,31,32,36). The maximum Gasteiger partial charge on any atom is 0.439 e. The van der Waals surface area contributed by atoms with E-state index >= 15 is 0 Å². The molecule has 0 aliphatic heterocycles. The largest absolute Gasteiger partial charge is 0.439 e. The van der Waals surface area contributed by atoms with Crippen molar-refractivity contribution >= 4 is 23.3 Å². The zero-order chi connectivity index (χ0) is 26.7. The fourth-order valence-corrected chi connectivity index (χ4v) is 3.50. The number of carbonyl (C=O) groups excluding carboxylic acids is 2. The summed E-state index contributed by atoms with van der Waals surface area (Å²) in [7, 11) is 3.30. The SMILES string of the molecule is CN(C)C(=O)c1ccc(-c2ccc(NC(=O)Nc3cccc(C(F)(F)F)c3)c(-c3noc(=O)[nH]3)c2)cc1. The molecule has 190 valence electrons. The molecule has 0 spiro atoms. The number of alkyl halides is 3. The van der Waals surface area contributed by atoms with E-state index in [9.17, 15) is 27.6 Å². The van der Waals surface area contributed by atoms with Gasteiger partial charge in [0.1, 0.15) is 0 Å². The van der Waals surface area contributed by atoms with Gasteiger partial charge >= 0.3 is 18.0 Å². The highest BCUT2D eigenvalue weighted by Gasteiger charge is 2.30. The van der Waals surface area contributed by atoms with E-state index in [0.29, 0.717) is 11.1 Å². The minimum atomic E-state index is -4.56. The van der Waals surface area contributed by atoms with Gasteiger partial charge in [-0.05, 0) is 53.6 Å². The second-order valence-corrected chi connectivity index (χ2v) is 8.14. The van der Waals surface area contributed by atoms with E-state index < -0.39 is 23.5 Å². The zero-order valence-corrected chi connectivity index (χ0v) is 19.5. The van der Waals surface area contributed by atoms with Crippen molar-refractivity contribution in [3.05, 3.63) is 88.4 Å². The molecule has 1 aromatic heterocycles. The molecule has 3 N–H and O–H groups in total. The van der Waals surface area contributed by atoms with E-state index in [-0.39, 0.29) is 28.7 Å². The topological polar surface area (TPSA) is 120 Å². The zero-order valence-electron chi connectivity index (χ0n) is 19.5. The molecule has 0 fully saturated rings. The Bertz CT molecular complexity index is 1510. The number of carbonyl (C=O) groups is 2. The van der Waals surface area contributed by atoms with Crippen molar-refractivity contribution in [2.45, 2.75) is 6.18 Å². The Morgan fingerprint density at radius 1 is 0.946 bits per heavy atom. The highest BCUT2D eigenvalue weighted by Crippen LogP contribution is 2.32. The molecule has 0 saturated heterocycles. The normalized spacial score (nSPS) is 11.2. The summed E-state index contributed by atoms with van der Waals surface area (Å²) >= 11 is 0. The number of urea groups is 1. The third-order valence-electron chi connectivity index (χ3n) is 5.28. The number of aromatic nitrogens is 2. The number of halogens is 3. The van der Waals surface area contributed by atoms with E-state index in [2.05, 4.69) is 25.3 Å². The highest BCUT2D eigenvalue weighted by molar-refractivity contribution is 6.02. The molecule has 0 aliphatic rings. The molecule has 9 nitrogen and oxygen atoms in total. The van der Waals surface area contributed by atoms with Crippen LogP contribution in [0, 0.1) is 0 Å². The van der Waals surface area contributed by atoms with Crippen LogP contribution in [0.3, 0.4) is 0 Å². The Morgan fingerprint density at radius 2 is 1.65 bits per heavy atom. The minimum absolute atomic E-state index is 0.0284. The first-order valence-electron chi connectivity index (χ1n) is 10.8. The second kappa shape index (κ2) is 10.0. The molecule has 4 aromatic rings. The molecule has 4 rings (SSSR count). The van der Waals surface area contributed by atoms with E-state index in [1.54, 1.807) is 56.6 Å². The Labute approximate surface area is 207 Å². The number of anilines is 2. The van der Waals surface area contributed by atoms with Crippen LogP contribution in [0.2, 0.25) is 0 Å². The Hall–Kier alpha value is -4.87. The Morgan fingerprint density at radius 3 is 2.27 bits per heavy atom. The van der Waals surface area contributed by atoms with Crippen molar-refractivity contribution in [3.63, 3.8) is 0 Å². The minimum Gasteiger partial charge on any atom is -0.345 e. The van der Waals surface area contributed by atoms with Crippen molar-refractivity contribution in [1.82, 2.24) is 15.0 Å². The first-order valence-corrected chi connectivity index (χ1v) is 10.8. The van der Waals surface area contributed by atoms with Gasteiger partial charge in [-0.25, -0.2) is 9.59 Å². The molecule has 3 aromatic carbocycles. The summed E-state index contributed by atoms with van der Waals surface area (Å²) in [5.41, 5.74) is 1.43. The molecule has 12 heteroatoms. The van der Waals surface area contributed by atoms with Crippen molar-refractivity contribution in [2.75, 3.05) is 24.7 Å². The summed E-state index contributed by atoms with van der Waals surface area (Å²) in [5.74, 6) is -0.939. The van der Waals surface area contributed by atoms with E-state index in [4.69, 9.17) is 0 Å². The summed E-state index contributed by atoms with van der Waals surface area (Å²) in [6, 6.07) is 15.1. The summed E-state index contributed by atoms with van der Waals surface area (Å²) in [6.07, 6.45) is -4.56. The van der Waals surface area contributed by atoms with Gasteiger partial charge in [0.15, 0.2) is 5.82 Å². The average molecular weight is 511 g/mol. The molecule has 0 saturated carbocycles. The lowest BCUT2D eigenvalue weighted by atomic mass is 10.00. The van der Waals surface area contributed by atoms with Crippen molar-refractivity contribution < 1.29 is 27.3 Å². The molecule has 3 amide bonds. The van der Waals surface area contributed by atoms with E-state index in [0.717, 1.165) is 17.7 Å². The van der Waals surface area contributed by atoms with Crippen LogP contribution in [0.1, 0.15) is 15.9 Å². The van der Waals surface area contributed by atoms with Gasteiger partial charge in [0.25, 0.3) is 5.91 Å². The predicted octanol–water partition coefficient (Wildman–Crippen LogP) is 5.06. The maximum absolute atomic E-state index is 13.0. The van der Waals surface area contributed by atoms with Gasteiger partial charge in [0.05, 0.1) is 11.3 Å². The van der Waals surface area contributed by atoms with Crippen LogP contribution in [0.15, 0.2) is 76.0 Å². The molecule has 0 unspecified atom stereocenters. The van der Waals surface area contributed by atoms with Gasteiger partial charge in [-0.3, -0.25) is 14.3 Å². The summed E-state index contributed by atoms with van der Waals surface area (Å²) in [4.78, 5) is 40.2. The Kier molecular flexibility index (Phi) is 6.83. The van der Waals surface area contributed by atoms with Crippen molar-refractivity contribution in [2.24, 2.45) is 0 Å². The quantitative estimate of drug-likeness (QED) is 0.346. The van der Waals surface area contributed by atoms with Gasteiger partial charge < -0.3 is 15.5 Å². The number of aromatic amines is 1. The monoisotopic (exact) mass is 511 g/mol. The molecule has 0 aliphatic carbocycles. The fraction of sp³-hybridized carbons (Fsp3) is 0.120. The molecule has 0 bridgehead atoms. The van der Waals surface area contributed by atoms with Crippen LogP contribution in [0.25, 0.3) is 22.5 Å². The molecule has 37 heavy (non-hydrogen) atoms. The lowest BCUT2D eigenvalue weighted by Crippen LogP contribution is -2.21. The smallest absolute Gasteiger partial charge is 0.345 e. The first-order chi connectivity index (χ1) is 17.5. The number of benzene rings is 3. The molecular weight excluding hydrogens is 491 g/mol. The van der Waals surface area contributed by atoms with Crippen LogP contribution in [-0.4, -0.2) is 41.1 Å². The third kappa shape index (κ3) is 5.86.